The molecule has 19 heavy (non-hydrogen) atoms. The quantitative estimate of drug-likeness (QED) is 0.433. The number of non-ortho nitro benzene ring substituents is 1. The van der Waals surface area contributed by atoms with Crippen LogP contribution in [0.5, 0.6) is 0 Å². The number of hydrogen-bond acceptors (Lipinski definition) is 4. The maximum Gasteiger partial charge on any atom is 0.270 e. The zero-order chi connectivity index (χ0) is 14.5. The fourth-order valence-electron chi connectivity index (χ4n) is 1.74. The van der Waals surface area contributed by atoms with Gasteiger partial charge in [-0.15, -0.1) is 0 Å². The van der Waals surface area contributed by atoms with Gasteiger partial charge in [0.25, 0.3) is 5.69 Å². The van der Waals surface area contributed by atoms with Crippen LogP contribution in [0.3, 0.4) is 0 Å². The molecule has 0 spiro atoms. The third-order valence-electron chi connectivity index (χ3n) is 2.93. The molecule has 6 heteroatoms. The van der Waals surface area contributed by atoms with Crippen LogP contribution in [0.15, 0.2) is 18.2 Å². The highest BCUT2D eigenvalue weighted by molar-refractivity contribution is 14.1. The lowest BCUT2D eigenvalue weighted by molar-refractivity contribution is -0.384. The van der Waals surface area contributed by atoms with E-state index in [4.69, 9.17) is 5.11 Å². The van der Waals surface area contributed by atoms with E-state index in [0.29, 0.717) is 0 Å². The summed E-state index contributed by atoms with van der Waals surface area (Å²) in [5.74, 6) is 0. The van der Waals surface area contributed by atoms with Crippen molar-refractivity contribution < 1.29 is 10.0 Å². The van der Waals surface area contributed by atoms with E-state index >= 15 is 0 Å². The number of anilines is 1. The van der Waals surface area contributed by atoms with E-state index < -0.39 is 4.92 Å². The molecule has 0 radical (unpaired) electrons. The molecule has 1 aromatic carbocycles. The monoisotopic (exact) mass is 378 g/mol. The van der Waals surface area contributed by atoms with Gasteiger partial charge in [0.1, 0.15) is 0 Å². The van der Waals surface area contributed by atoms with Crippen molar-refractivity contribution in [3.05, 3.63) is 31.9 Å². The highest BCUT2D eigenvalue weighted by Crippen LogP contribution is 2.27. The smallest absolute Gasteiger partial charge is 0.270 e. The van der Waals surface area contributed by atoms with Crippen molar-refractivity contribution >= 4 is 34.0 Å². The van der Waals surface area contributed by atoms with E-state index in [1.807, 2.05) is 0 Å². The van der Waals surface area contributed by atoms with Crippen LogP contribution in [0.2, 0.25) is 0 Å². The largest absolute Gasteiger partial charge is 0.396 e. The summed E-state index contributed by atoms with van der Waals surface area (Å²) in [5.41, 5.74) is 1.09. The number of rotatable bonds is 7. The molecule has 2 N–H and O–H groups in total. The van der Waals surface area contributed by atoms with Crippen LogP contribution in [-0.2, 0) is 0 Å². The number of hydrogen-bond donors (Lipinski definition) is 2. The highest BCUT2D eigenvalue weighted by atomic mass is 127. The van der Waals surface area contributed by atoms with Crippen LogP contribution in [-0.4, -0.2) is 23.2 Å². The SMILES string of the molecule is CC(C)(CCCO)CNc1ccc([N+](=O)[O-])cc1I. The number of nitrogens with zero attached hydrogens (tertiary/aromatic N) is 1. The van der Waals surface area contributed by atoms with Gasteiger partial charge in [0, 0.05) is 34.5 Å². The molecule has 0 amide bonds. The summed E-state index contributed by atoms with van der Waals surface area (Å²) in [4.78, 5) is 10.3. The molecule has 0 aromatic heterocycles. The standard InChI is InChI=1S/C13H19IN2O3/c1-13(2,6-3-7-17)9-15-12-5-4-10(16(18)19)8-11(12)14/h4-5,8,15,17H,3,6-7,9H2,1-2H3. The Bertz CT molecular complexity index is 450. The van der Waals surface area contributed by atoms with Gasteiger partial charge in [0.15, 0.2) is 0 Å². The third-order valence-corrected chi connectivity index (χ3v) is 3.83. The van der Waals surface area contributed by atoms with Crippen LogP contribution >= 0.6 is 22.6 Å². The fourth-order valence-corrected chi connectivity index (χ4v) is 2.43. The highest BCUT2D eigenvalue weighted by Gasteiger charge is 2.18. The van der Waals surface area contributed by atoms with E-state index in [1.54, 1.807) is 12.1 Å². The summed E-state index contributed by atoms with van der Waals surface area (Å²) < 4.78 is 0.838. The Hall–Kier alpha value is -0.890. The van der Waals surface area contributed by atoms with Gasteiger partial charge in [-0.3, -0.25) is 10.1 Å². The first-order chi connectivity index (χ1) is 8.85. The second-order valence-electron chi connectivity index (χ2n) is 5.27. The van der Waals surface area contributed by atoms with Crippen LogP contribution in [0.1, 0.15) is 26.7 Å². The van der Waals surface area contributed by atoms with Crippen molar-refractivity contribution in [1.29, 1.82) is 0 Å². The molecule has 1 aromatic rings. The number of benzene rings is 1. The number of nitrogens with one attached hydrogen (secondary N) is 1. The van der Waals surface area contributed by atoms with Crippen molar-refractivity contribution in [2.45, 2.75) is 26.7 Å². The molecule has 0 atom stereocenters. The Balaban J connectivity index is 2.65. The van der Waals surface area contributed by atoms with Gasteiger partial charge in [-0.05, 0) is 46.9 Å². The molecule has 0 unspecified atom stereocenters. The van der Waals surface area contributed by atoms with Gasteiger partial charge < -0.3 is 10.4 Å². The average molecular weight is 378 g/mol. The summed E-state index contributed by atoms with van der Waals surface area (Å²) in [6, 6.07) is 4.80. The maximum atomic E-state index is 10.7. The lowest BCUT2D eigenvalue weighted by atomic mass is 9.88. The first-order valence-corrected chi connectivity index (χ1v) is 7.22. The number of aliphatic hydroxyl groups is 1. The topological polar surface area (TPSA) is 75.4 Å². The number of aliphatic hydroxyl groups excluding tert-OH is 1. The number of halogens is 1. The molecule has 0 saturated carbocycles. The van der Waals surface area contributed by atoms with Gasteiger partial charge >= 0.3 is 0 Å². The molecule has 0 fully saturated rings. The van der Waals surface area contributed by atoms with Crippen LogP contribution in [0.4, 0.5) is 11.4 Å². The van der Waals surface area contributed by atoms with Crippen molar-refractivity contribution in [2.75, 3.05) is 18.5 Å². The van der Waals surface area contributed by atoms with Crippen molar-refractivity contribution in [1.82, 2.24) is 0 Å². The number of nitro benzene ring substituents is 1. The molecular formula is C13H19IN2O3. The van der Waals surface area contributed by atoms with Crippen molar-refractivity contribution in [3.63, 3.8) is 0 Å². The number of nitro groups is 1. The van der Waals surface area contributed by atoms with E-state index in [2.05, 4.69) is 41.8 Å². The van der Waals surface area contributed by atoms with E-state index in [1.165, 1.54) is 6.07 Å². The predicted molar refractivity (Wildman–Crippen MR) is 84.4 cm³/mol. The van der Waals surface area contributed by atoms with E-state index in [0.717, 1.165) is 28.6 Å². The lowest BCUT2D eigenvalue weighted by Crippen LogP contribution is -2.23. The Morgan fingerprint density at radius 3 is 2.68 bits per heavy atom. The Morgan fingerprint density at radius 1 is 1.47 bits per heavy atom. The molecule has 1 rings (SSSR count). The summed E-state index contributed by atoms with van der Waals surface area (Å²) in [7, 11) is 0. The van der Waals surface area contributed by atoms with E-state index in [-0.39, 0.29) is 17.7 Å². The summed E-state index contributed by atoms with van der Waals surface area (Å²) >= 11 is 2.09. The molecule has 106 valence electrons. The average Bonchev–Trinajstić information content (AvgIpc) is 2.35. The van der Waals surface area contributed by atoms with E-state index in [9.17, 15) is 10.1 Å². The third kappa shape index (κ3) is 5.32. The normalized spacial score (nSPS) is 11.4. The molecule has 0 bridgehead atoms. The van der Waals surface area contributed by atoms with Crippen LogP contribution in [0.25, 0.3) is 0 Å². The van der Waals surface area contributed by atoms with Gasteiger partial charge in [-0.25, -0.2) is 0 Å². The zero-order valence-corrected chi connectivity index (χ0v) is 13.3. The molecule has 0 heterocycles. The van der Waals surface area contributed by atoms with Gasteiger partial charge in [0.2, 0.25) is 0 Å². The lowest BCUT2D eigenvalue weighted by Gasteiger charge is -2.25. The zero-order valence-electron chi connectivity index (χ0n) is 11.1. The van der Waals surface area contributed by atoms with Crippen LogP contribution in [0, 0.1) is 19.1 Å². The predicted octanol–water partition coefficient (Wildman–Crippen LogP) is 3.41. The molecule has 0 saturated heterocycles. The minimum absolute atomic E-state index is 0.0770. The van der Waals surface area contributed by atoms with Crippen molar-refractivity contribution in [3.8, 4) is 0 Å². The molecule has 0 aliphatic carbocycles. The summed E-state index contributed by atoms with van der Waals surface area (Å²) in [6.45, 7) is 5.24. The first kappa shape index (κ1) is 16.2. The van der Waals surface area contributed by atoms with Crippen LogP contribution < -0.4 is 5.32 Å². The summed E-state index contributed by atoms with van der Waals surface area (Å²) in [5, 5.41) is 22.8. The Labute approximate surface area is 126 Å². The Kier molecular flexibility index (Phi) is 5.99. The second-order valence-corrected chi connectivity index (χ2v) is 6.43. The molecule has 5 nitrogen and oxygen atoms in total. The Morgan fingerprint density at radius 2 is 2.16 bits per heavy atom. The first-order valence-electron chi connectivity index (χ1n) is 6.14. The fraction of sp³-hybridized carbons (Fsp3) is 0.538. The van der Waals surface area contributed by atoms with Gasteiger partial charge in [-0.1, -0.05) is 13.8 Å². The molecule has 0 aliphatic heterocycles. The minimum Gasteiger partial charge on any atom is -0.396 e. The second kappa shape index (κ2) is 7.04. The molecular weight excluding hydrogens is 359 g/mol. The van der Waals surface area contributed by atoms with Gasteiger partial charge in [-0.2, -0.15) is 0 Å². The molecule has 0 aliphatic rings. The minimum atomic E-state index is -0.392. The van der Waals surface area contributed by atoms with Gasteiger partial charge in [0.05, 0.1) is 4.92 Å². The van der Waals surface area contributed by atoms with Crippen molar-refractivity contribution in [2.24, 2.45) is 5.41 Å². The summed E-state index contributed by atoms with van der Waals surface area (Å²) in [6.07, 6.45) is 1.71. The maximum absolute atomic E-state index is 10.7.